The Morgan fingerprint density at radius 2 is 1.93 bits per heavy atom. The first-order valence-electron chi connectivity index (χ1n) is 9.01. The predicted molar refractivity (Wildman–Crippen MR) is 116 cm³/mol. The number of amidine groups is 1. The quantitative estimate of drug-likeness (QED) is 0.341. The van der Waals surface area contributed by atoms with Crippen molar-refractivity contribution in [2.75, 3.05) is 19.6 Å². The maximum atomic E-state index is 13.0. The minimum Gasteiger partial charge on any atom is -0.384 e. The van der Waals surface area contributed by atoms with E-state index in [1.807, 2.05) is 12.1 Å². The third kappa shape index (κ3) is 4.04. The minimum absolute atomic E-state index is 0.0184. The van der Waals surface area contributed by atoms with Gasteiger partial charge in [-0.15, -0.1) is 11.3 Å². The number of carbonyl (C=O) groups is 1. The standard InChI is InChI=1S/C19H18ClN5O3S2/c20-15-6-5-14-9-17(29-19(14)23-15)30(27,28)25-8-7-24(16(26)11-25)10-12-1-3-13(4-2-12)18(21)22/h1-6,9H,7-8,10-11H2,(H3,21,22). The Bertz CT molecular complexity index is 1240. The van der Waals surface area contributed by atoms with Crippen molar-refractivity contribution in [1.29, 1.82) is 5.41 Å². The van der Waals surface area contributed by atoms with Gasteiger partial charge in [-0.25, -0.2) is 13.4 Å². The number of hydrogen-bond donors (Lipinski definition) is 2. The number of rotatable bonds is 5. The number of nitrogen functional groups attached to an aromatic ring is 1. The van der Waals surface area contributed by atoms with Gasteiger partial charge in [-0.2, -0.15) is 4.31 Å². The highest BCUT2D eigenvalue weighted by Gasteiger charge is 2.34. The Morgan fingerprint density at radius 3 is 2.60 bits per heavy atom. The van der Waals surface area contributed by atoms with Crippen molar-refractivity contribution in [1.82, 2.24) is 14.2 Å². The molecule has 1 amide bonds. The summed E-state index contributed by atoms with van der Waals surface area (Å²) in [6.45, 7) is 0.663. The molecule has 30 heavy (non-hydrogen) atoms. The molecule has 0 atom stereocenters. The average Bonchev–Trinajstić information content (AvgIpc) is 3.14. The number of nitrogens with one attached hydrogen (secondary N) is 1. The van der Waals surface area contributed by atoms with Crippen LogP contribution in [0.25, 0.3) is 10.2 Å². The summed E-state index contributed by atoms with van der Waals surface area (Å²) >= 11 is 6.93. The van der Waals surface area contributed by atoms with Gasteiger partial charge in [0.1, 0.15) is 20.0 Å². The molecule has 1 saturated heterocycles. The second-order valence-corrected chi connectivity index (χ2v) is 10.4. The average molecular weight is 464 g/mol. The van der Waals surface area contributed by atoms with Gasteiger partial charge in [-0.1, -0.05) is 35.9 Å². The van der Waals surface area contributed by atoms with Crippen molar-refractivity contribution in [2.45, 2.75) is 10.8 Å². The number of amides is 1. The molecule has 0 saturated carbocycles. The molecule has 3 aromatic rings. The van der Waals surface area contributed by atoms with Gasteiger partial charge in [0.15, 0.2) is 0 Å². The number of nitrogens with two attached hydrogens (primary N) is 1. The molecule has 2 aromatic heterocycles. The van der Waals surface area contributed by atoms with Crippen molar-refractivity contribution in [3.63, 3.8) is 0 Å². The van der Waals surface area contributed by atoms with E-state index in [9.17, 15) is 13.2 Å². The van der Waals surface area contributed by atoms with Gasteiger partial charge < -0.3 is 10.6 Å². The molecule has 11 heteroatoms. The predicted octanol–water partition coefficient (Wildman–Crippen LogP) is 2.27. The van der Waals surface area contributed by atoms with E-state index in [4.69, 9.17) is 22.7 Å². The van der Waals surface area contributed by atoms with Crippen LogP contribution in [0.5, 0.6) is 0 Å². The summed E-state index contributed by atoms with van der Waals surface area (Å²) in [4.78, 5) is 18.9. The van der Waals surface area contributed by atoms with Crippen LogP contribution in [0.1, 0.15) is 11.1 Å². The fourth-order valence-corrected chi connectivity index (χ4v) is 6.27. The lowest BCUT2D eigenvalue weighted by Gasteiger charge is -2.33. The Labute approximate surface area is 182 Å². The van der Waals surface area contributed by atoms with Crippen molar-refractivity contribution in [3.8, 4) is 0 Å². The van der Waals surface area contributed by atoms with Gasteiger partial charge in [0.2, 0.25) is 5.91 Å². The molecule has 0 radical (unpaired) electrons. The first-order chi connectivity index (χ1) is 14.2. The second-order valence-electron chi connectivity index (χ2n) is 6.86. The summed E-state index contributed by atoms with van der Waals surface area (Å²) < 4.78 is 27.4. The summed E-state index contributed by atoms with van der Waals surface area (Å²) in [7, 11) is -3.80. The van der Waals surface area contributed by atoms with Crippen LogP contribution >= 0.6 is 22.9 Å². The summed E-state index contributed by atoms with van der Waals surface area (Å²) in [5, 5.41) is 8.43. The lowest BCUT2D eigenvalue weighted by atomic mass is 10.1. The van der Waals surface area contributed by atoms with Gasteiger partial charge >= 0.3 is 0 Å². The molecule has 8 nitrogen and oxygen atoms in total. The zero-order chi connectivity index (χ0) is 21.5. The second kappa shape index (κ2) is 7.95. The fourth-order valence-electron chi connectivity index (χ4n) is 3.20. The monoisotopic (exact) mass is 463 g/mol. The number of piperazine rings is 1. The molecule has 1 fully saturated rings. The molecule has 4 rings (SSSR count). The Morgan fingerprint density at radius 1 is 1.20 bits per heavy atom. The molecular weight excluding hydrogens is 446 g/mol. The summed E-state index contributed by atoms with van der Waals surface area (Å²) in [6, 6.07) is 12.0. The first-order valence-corrected chi connectivity index (χ1v) is 11.6. The molecule has 1 aromatic carbocycles. The van der Waals surface area contributed by atoms with E-state index in [1.165, 1.54) is 4.31 Å². The number of pyridine rings is 1. The molecule has 0 aliphatic carbocycles. The van der Waals surface area contributed by atoms with Crippen LogP contribution in [0.3, 0.4) is 0 Å². The van der Waals surface area contributed by atoms with Gasteiger partial charge in [-0.3, -0.25) is 10.2 Å². The lowest BCUT2D eigenvalue weighted by Crippen LogP contribution is -2.51. The summed E-state index contributed by atoms with van der Waals surface area (Å²) in [6.07, 6.45) is 0. The number of benzene rings is 1. The SMILES string of the molecule is N=C(N)c1ccc(CN2CCN(S(=O)(=O)c3cc4ccc(Cl)nc4s3)CC2=O)cc1. The Kier molecular flexibility index (Phi) is 5.49. The number of fused-ring (bicyclic) bond motifs is 1. The van der Waals surface area contributed by atoms with Crippen LogP contribution < -0.4 is 5.73 Å². The Balaban J connectivity index is 1.47. The molecule has 0 spiro atoms. The van der Waals surface area contributed by atoms with Crippen LogP contribution in [0.4, 0.5) is 0 Å². The van der Waals surface area contributed by atoms with Crippen LogP contribution in [0.2, 0.25) is 5.15 Å². The van der Waals surface area contributed by atoms with Crippen LogP contribution in [0, 0.1) is 5.41 Å². The van der Waals surface area contributed by atoms with E-state index >= 15 is 0 Å². The lowest BCUT2D eigenvalue weighted by molar-refractivity contribution is -0.134. The molecule has 1 aliphatic heterocycles. The van der Waals surface area contributed by atoms with E-state index in [2.05, 4.69) is 4.98 Å². The van der Waals surface area contributed by atoms with E-state index in [-0.39, 0.29) is 29.0 Å². The molecule has 0 unspecified atom stereocenters. The van der Waals surface area contributed by atoms with Crippen LogP contribution in [-0.4, -0.2) is 54.0 Å². The number of carbonyl (C=O) groups excluding carboxylic acids is 1. The van der Waals surface area contributed by atoms with Gasteiger partial charge in [0, 0.05) is 30.6 Å². The summed E-state index contributed by atoms with van der Waals surface area (Å²) in [5.74, 6) is -0.280. The normalized spacial score (nSPS) is 15.6. The van der Waals surface area contributed by atoms with Gasteiger partial charge in [0.25, 0.3) is 10.0 Å². The number of sulfonamides is 1. The number of aromatic nitrogens is 1. The third-order valence-electron chi connectivity index (χ3n) is 4.84. The zero-order valence-corrected chi connectivity index (χ0v) is 18.1. The Hall–Kier alpha value is -2.53. The van der Waals surface area contributed by atoms with Crippen LogP contribution in [0.15, 0.2) is 46.7 Å². The van der Waals surface area contributed by atoms with E-state index in [0.717, 1.165) is 16.9 Å². The van der Waals surface area contributed by atoms with Gasteiger partial charge in [0.05, 0.1) is 6.54 Å². The molecule has 0 bridgehead atoms. The van der Waals surface area contributed by atoms with Crippen molar-refractivity contribution < 1.29 is 13.2 Å². The van der Waals surface area contributed by atoms with Crippen molar-refractivity contribution >= 4 is 54.9 Å². The smallest absolute Gasteiger partial charge is 0.253 e. The first kappa shape index (κ1) is 20.7. The molecule has 156 valence electrons. The number of nitrogens with zero attached hydrogens (tertiary/aromatic N) is 3. The topological polar surface area (TPSA) is 120 Å². The highest BCUT2D eigenvalue weighted by Crippen LogP contribution is 2.31. The van der Waals surface area contributed by atoms with E-state index < -0.39 is 10.0 Å². The maximum Gasteiger partial charge on any atom is 0.253 e. The fraction of sp³-hybridized carbons (Fsp3) is 0.211. The number of halogens is 1. The molecule has 1 aliphatic rings. The number of thiophene rings is 1. The highest BCUT2D eigenvalue weighted by molar-refractivity contribution is 7.91. The highest BCUT2D eigenvalue weighted by atomic mass is 35.5. The minimum atomic E-state index is -3.80. The number of hydrogen-bond acceptors (Lipinski definition) is 6. The van der Waals surface area contributed by atoms with Crippen LogP contribution in [-0.2, 0) is 21.4 Å². The van der Waals surface area contributed by atoms with Crippen molar-refractivity contribution in [3.05, 3.63) is 58.7 Å². The molecular formula is C19H18ClN5O3S2. The maximum absolute atomic E-state index is 13.0. The molecule has 3 heterocycles. The van der Waals surface area contributed by atoms with Gasteiger partial charge in [-0.05, 0) is 23.8 Å². The molecule has 3 N–H and O–H groups in total. The zero-order valence-electron chi connectivity index (χ0n) is 15.7. The third-order valence-corrected chi connectivity index (χ3v) is 8.39. The van der Waals surface area contributed by atoms with Crippen molar-refractivity contribution in [2.24, 2.45) is 5.73 Å². The largest absolute Gasteiger partial charge is 0.384 e. The van der Waals surface area contributed by atoms with E-state index in [0.29, 0.717) is 34.0 Å². The van der Waals surface area contributed by atoms with E-state index in [1.54, 1.807) is 35.2 Å². The summed E-state index contributed by atoms with van der Waals surface area (Å²) in [5.41, 5.74) is 6.95.